The minimum atomic E-state index is -0.461. The number of benzene rings is 2. The van der Waals surface area contributed by atoms with E-state index in [1.165, 1.54) is 16.8 Å². The summed E-state index contributed by atoms with van der Waals surface area (Å²) in [6.45, 7) is 5.96. The molecule has 7 nitrogen and oxygen atoms in total. The van der Waals surface area contributed by atoms with Crippen molar-refractivity contribution in [3.8, 4) is 5.69 Å². The average Bonchev–Trinajstić information content (AvgIpc) is 3.04. The molecule has 0 saturated heterocycles. The molecule has 150 valence electrons. The molecular formula is C22H24N4O3. The molecule has 0 radical (unpaired) electrons. The first-order chi connectivity index (χ1) is 14.0. The van der Waals surface area contributed by atoms with Gasteiger partial charge in [0.15, 0.2) is 0 Å². The number of rotatable bonds is 7. The quantitative estimate of drug-likeness (QED) is 0.358. The van der Waals surface area contributed by atoms with Crippen molar-refractivity contribution in [3.05, 3.63) is 85.8 Å². The first-order valence-corrected chi connectivity index (χ1v) is 9.68. The topological polar surface area (TPSA) is 93.3 Å². The molecule has 0 bridgehead atoms. The Balaban J connectivity index is 2.10. The highest BCUT2D eigenvalue weighted by Gasteiger charge is 2.18. The number of para-hydroxylation sites is 1. The van der Waals surface area contributed by atoms with Crippen LogP contribution in [0.15, 0.2) is 58.3 Å². The third-order valence-electron chi connectivity index (χ3n) is 4.81. The number of nitro groups is 1. The van der Waals surface area contributed by atoms with E-state index in [0.29, 0.717) is 23.4 Å². The maximum atomic E-state index is 13.2. The van der Waals surface area contributed by atoms with E-state index in [9.17, 15) is 14.9 Å². The van der Waals surface area contributed by atoms with Crippen molar-refractivity contribution in [2.75, 3.05) is 0 Å². The molecule has 0 saturated carbocycles. The number of nitrogens with one attached hydrogen (secondary N) is 1. The molecule has 7 heteroatoms. The first kappa shape index (κ1) is 20.3. The molecule has 2 aromatic carbocycles. The van der Waals surface area contributed by atoms with E-state index in [-0.39, 0.29) is 11.2 Å². The lowest BCUT2D eigenvalue weighted by Gasteiger charge is -2.05. The maximum absolute atomic E-state index is 13.2. The van der Waals surface area contributed by atoms with Crippen molar-refractivity contribution >= 4 is 17.1 Å². The van der Waals surface area contributed by atoms with Gasteiger partial charge in [0.25, 0.3) is 11.2 Å². The third-order valence-corrected chi connectivity index (χ3v) is 4.81. The maximum Gasteiger partial charge on any atom is 0.280 e. The standard InChI is InChI=1S/C22H24N4O3/c1-4-8-20-21(15(3)23-19-10-7-6-9-16(19)5-2)22(27)25(24-20)17-11-13-18(14-12-17)26(28)29/h6-7,9-14,24H,4-5,8H2,1-3H3. The number of hydrogen-bond acceptors (Lipinski definition) is 4. The number of nitro benzene ring substituents is 1. The van der Waals surface area contributed by atoms with E-state index in [2.05, 4.69) is 12.0 Å². The Labute approximate surface area is 168 Å². The van der Waals surface area contributed by atoms with Crippen LogP contribution in [-0.4, -0.2) is 20.4 Å². The van der Waals surface area contributed by atoms with E-state index in [4.69, 9.17) is 4.99 Å². The van der Waals surface area contributed by atoms with Crippen LogP contribution in [-0.2, 0) is 12.8 Å². The Morgan fingerprint density at radius 3 is 2.45 bits per heavy atom. The number of aromatic nitrogens is 2. The van der Waals surface area contributed by atoms with Gasteiger partial charge in [-0.2, -0.15) is 0 Å². The second-order valence-corrected chi connectivity index (χ2v) is 6.81. The number of H-pyrrole nitrogens is 1. The fourth-order valence-electron chi connectivity index (χ4n) is 3.35. The summed E-state index contributed by atoms with van der Waals surface area (Å²) in [7, 11) is 0. The molecule has 0 aliphatic rings. The van der Waals surface area contributed by atoms with Crippen molar-refractivity contribution in [2.45, 2.75) is 40.0 Å². The molecule has 0 spiro atoms. The van der Waals surface area contributed by atoms with Crippen molar-refractivity contribution in [2.24, 2.45) is 4.99 Å². The zero-order valence-electron chi connectivity index (χ0n) is 16.8. The highest BCUT2D eigenvalue weighted by atomic mass is 16.6. The van der Waals surface area contributed by atoms with Gasteiger partial charge in [0.1, 0.15) is 0 Å². The second-order valence-electron chi connectivity index (χ2n) is 6.81. The number of nitrogens with zero attached hydrogens (tertiary/aromatic N) is 3. The molecule has 3 aromatic rings. The lowest BCUT2D eigenvalue weighted by atomic mass is 10.1. The van der Waals surface area contributed by atoms with E-state index in [1.54, 1.807) is 12.1 Å². The first-order valence-electron chi connectivity index (χ1n) is 9.68. The molecule has 0 aliphatic carbocycles. The molecule has 0 unspecified atom stereocenters. The Morgan fingerprint density at radius 1 is 1.14 bits per heavy atom. The van der Waals surface area contributed by atoms with Gasteiger partial charge in [-0.25, -0.2) is 4.68 Å². The van der Waals surface area contributed by atoms with Gasteiger partial charge in [0, 0.05) is 17.8 Å². The third kappa shape index (κ3) is 4.18. The zero-order chi connectivity index (χ0) is 21.0. The van der Waals surface area contributed by atoms with Crippen LogP contribution in [0.3, 0.4) is 0 Å². The largest absolute Gasteiger partial charge is 0.294 e. The molecule has 1 aromatic heterocycles. The second kappa shape index (κ2) is 8.68. The van der Waals surface area contributed by atoms with Gasteiger partial charge in [0.05, 0.1) is 27.6 Å². The summed E-state index contributed by atoms with van der Waals surface area (Å²) in [6, 6.07) is 13.8. The van der Waals surface area contributed by atoms with Gasteiger partial charge in [-0.1, -0.05) is 38.5 Å². The Morgan fingerprint density at radius 2 is 1.83 bits per heavy atom. The van der Waals surface area contributed by atoms with Crippen molar-refractivity contribution in [1.82, 2.24) is 9.78 Å². The van der Waals surface area contributed by atoms with Gasteiger partial charge < -0.3 is 0 Å². The van der Waals surface area contributed by atoms with E-state index in [0.717, 1.165) is 29.8 Å². The Bertz CT molecular complexity index is 1110. The monoisotopic (exact) mass is 392 g/mol. The van der Waals surface area contributed by atoms with E-state index < -0.39 is 4.92 Å². The van der Waals surface area contributed by atoms with Gasteiger partial charge in [-0.15, -0.1) is 0 Å². The van der Waals surface area contributed by atoms with Crippen molar-refractivity contribution < 1.29 is 4.92 Å². The number of aliphatic imine (C=N–C) groups is 1. The minimum Gasteiger partial charge on any atom is -0.294 e. The highest BCUT2D eigenvalue weighted by molar-refractivity contribution is 6.01. The number of hydrogen-bond donors (Lipinski definition) is 1. The van der Waals surface area contributed by atoms with Crippen LogP contribution in [0.2, 0.25) is 0 Å². The van der Waals surface area contributed by atoms with Crippen LogP contribution < -0.4 is 5.56 Å². The number of non-ortho nitro benzene ring substituents is 1. The summed E-state index contributed by atoms with van der Waals surface area (Å²) < 4.78 is 1.43. The molecule has 1 heterocycles. The van der Waals surface area contributed by atoms with E-state index >= 15 is 0 Å². The molecule has 0 amide bonds. The number of aromatic amines is 1. The van der Waals surface area contributed by atoms with Crippen LogP contribution in [0, 0.1) is 10.1 Å². The minimum absolute atomic E-state index is 0.0173. The van der Waals surface area contributed by atoms with Gasteiger partial charge >= 0.3 is 0 Å². The molecule has 3 rings (SSSR count). The predicted molar refractivity (Wildman–Crippen MR) is 115 cm³/mol. The van der Waals surface area contributed by atoms with Crippen LogP contribution in [0.25, 0.3) is 5.69 Å². The SMILES string of the molecule is CCCc1[nH]n(-c2ccc([N+](=O)[O-])cc2)c(=O)c1C(C)=Nc1ccccc1CC. The summed E-state index contributed by atoms with van der Waals surface area (Å²) in [5.41, 5.74) is 4.31. The van der Waals surface area contributed by atoms with Crippen molar-refractivity contribution in [1.29, 1.82) is 0 Å². The van der Waals surface area contributed by atoms with Gasteiger partial charge in [-0.05, 0) is 43.5 Å². The fraction of sp³-hybridized carbons (Fsp3) is 0.273. The van der Waals surface area contributed by atoms with E-state index in [1.807, 2.05) is 38.1 Å². The summed E-state index contributed by atoms with van der Waals surface area (Å²) >= 11 is 0. The average molecular weight is 392 g/mol. The van der Waals surface area contributed by atoms with Crippen molar-refractivity contribution in [3.63, 3.8) is 0 Å². The summed E-state index contributed by atoms with van der Waals surface area (Å²) in [6.07, 6.45) is 2.42. The summed E-state index contributed by atoms with van der Waals surface area (Å²) in [5.74, 6) is 0. The van der Waals surface area contributed by atoms with Gasteiger partial charge in [0.2, 0.25) is 0 Å². The molecule has 0 fully saturated rings. The summed E-state index contributed by atoms with van der Waals surface area (Å²) in [4.78, 5) is 28.4. The lowest BCUT2D eigenvalue weighted by Crippen LogP contribution is -2.19. The molecule has 1 N–H and O–H groups in total. The zero-order valence-corrected chi connectivity index (χ0v) is 16.8. The predicted octanol–water partition coefficient (Wildman–Crippen LogP) is 4.73. The highest BCUT2D eigenvalue weighted by Crippen LogP contribution is 2.21. The Hall–Kier alpha value is -3.48. The van der Waals surface area contributed by atoms with Gasteiger partial charge in [-0.3, -0.25) is 25.0 Å². The van der Waals surface area contributed by atoms with Crippen LogP contribution in [0.1, 0.15) is 44.0 Å². The molecular weight excluding hydrogens is 368 g/mol. The van der Waals surface area contributed by atoms with Crippen LogP contribution in [0.4, 0.5) is 11.4 Å². The van der Waals surface area contributed by atoms with Crippen LogP contribution >= 0.6 is 0 Å². The molecule has 0 aliphatic heterocycles. The molecule has 0 atom stereocenters. The summed E-state index contributed by atoms with van der Waals surface area (Å²) in [5, 5.41) is 14.1. The Kier molecular flexibility index (Phi) is 6.07. The molecule has 29 heavy (non-hydrogen) atoms. The fourth-order valence-corrected chi connectivity index (χ4v) is 3.35. The smallest absolute Gasteiger partial charge is 0.280 e. The normalized spacial score (nSPS) is 11.6. The lowest BCUT2D eigenvalue weighted by molar-refractivity contribution is -0.384. The van der Waals surface area contributed by atoms with Crippen LogP contribution in [0.5, 0.6) is 0 Å². The number of aryl methyl sites for hydroxylation is 2.